The fourth-order valence-corrected chi connectivity index (χ4v) is 3.95. The van der Waals surface area contributed by atoms with Crippen LogP contribution in [-0.2, 0) is 12.2 Å². The van der Waals surface area contributed by atoms with E-state index in [0.717, 1.165) is 0 Å². The molecule has 4 aromatic rings. The van der Waals surface area contributed by atoms with E-state index >= 15 is 0 Å². The SMILES string of the molecule is Nn1c(Cc2ccccc2F)nnc1SCc1cc(=O)n2ccsc2n1. The van der Waals surface area contributed by atoms with E-state index in [4.69, 9.17) is 5.84 Å². The number of thioether (sulfide) groups is 1. The minimum Gasteiger partial charge on any atom is -0.336 e. The molecule has 4 rings (SSSR count). The van der Waals surface area contributed by atoms with Gasteiger partial charge in [0, 0.05) is 29.8 Å². The molecule has 0 unspecified atom stereocenters. The molecule has 0 radical (unpaired) electrons. The van der Waals surface area contributed by atoms with E-state index in [9.17, 15) is 9.18 Å². The minimum atomic E-state index is -0.307. The van der Waals surface area contributed by atoms with E-state index in [1.807, 2.05) is 5.38 Å². The Labute approximate surface area is 155 Å². The van der Waals surface area contributed by atoms with Crippen molar-refractivity contribution in [1.29, 1.82) is 0 Å². The summed E-state index contributed by atoms with van der Waals surface area (Å²) in [6.45, 7) is 0. The van der Waals surface area contributed by atoms with Gasteiger partial charge in [-0.1, -0.05) is 30.0 Å². The lowest BCUT2D eigenvalue weighted by Gasteiger charge is -2.05. The second-order valence-electron chi connectivity index (χ2n) is 5.47. The Kier molecular flexibility index (Phi) is 4.43. The number of nitrogen functional groups attached to an aromatic ring is 1. The lowest BCUT2D eigenvalue weighted by molar-refractivity contribution is 0.610. The average molecular weight is 388 g/mol. The zero-order valence-electron chi connectivity index (χ0n) is 13.4. The van der Waals surface area contributed by atoms with Crippen molar-refractivity contribution in [2.45, 2.75) is 17.3 Å². The number of halogens is 1. The van der Waals surface area contributed by atoms with Crippen LogP contribution in [0.5, 0.6) is 0 Å². The highest BCUT2D eigenvalue weighted by Gasteiger charge is 2.13. The van der Waals surface area contributed by atoms with Crippen molar-refractivity contribution >= 4 is 28.1 Å². The second kappa shape index (κ2) is 6.89. The predicted octanol–water partition coefficient (Wildman–Crippen LogP) is 2.08. The standard InChI is InChI=1S/C16H13FN6OS2/c17-12-4-2-1-3-10(12)7-13-20-21-16(23(13)18)26-9-11-8-14(24)22-5-6-25-15(22)19-11/h1-6,8H,7,9,18H2. The molecule has 2 N–H and O–H groups in total. The number of aromatic nitrogens is 5. The molecule has 0 bridgehead atoms. The van der Waals surface area contributed by atoms with Gasteiger partial charge in [0.1, 0.15) is 5.82 Å². The fraction of sp³-hybridized carbons (Fsp3) is 0.125. The fourth-order valence-electron chi connectivity index (χ4n) is 2.44. The van der Waals surface area contributed by atoms with Gasteiger partial charge in [-0.05, 0) is 11.6 Å². The Morgan fingerprint density at radius 2 is 2.12 bits per heavy atom. The van der Waals surface area contributed by atoms with Crippen molar-refractivity contribution in [1.82, 2.24) is 24.3 Å². The molecule has 3 aromatic heterocycles. The van der Waals surface area contributed by atoms with Crippen LogP contribution in [0.2, 0.25) is 0 Å². The van der Waals surface area contributed by atoms with Gasteiger partial charge in [0.05, 0.1) is 5.69 Å². The molecule has 0 saturated heterocycles. The number of fused-ring (bicyclic) bond motifs is 1. The summed E-state index contributed by atoms with van der Waals surface area (Å²) >= 11 is 2.72. The maximum Gasteiger partial charge on any atom is 0.258 e. The highest BCUT2D eigenvalue weighted by atomic mass is 32.2. The smallest absolute Gasteiger partial charge is 0.258 e. The van der Waals surface area contributed by atoms with Gasteiger partial charge in [-0.25, -0.2) is 14.1 Å². The predicted molar refractivity (Wildman–Crippen MR) is 98.3 cm³/mol. The van der Waals surface area contributed by atoms with Crippen molar-refractivity contribution in [3.63, 3.8) is 0 Å². The number of nitrogens with two attached hydrogens (primary N) is 1. The molecule has 0 aliphatic heterocycles. The lowest BCUT2D eigenvalue weighted by atomic mass is 10.1. The quantitative estimate of drug-likeness (QED) is 0.416. The summed E-state index contributed by atoms with van der Waals surface area (Å²) in [6.07, 6.45) is 1.94. The summed E-state index contributed by atoms with van der Waals surface area (Å²) in [4.78, 5) is 17.1. The first-order valence-corrected chi connectivity index (χ1v) is 9.49. The molecule has 26 heavy (non-hydrogen) atoms. The normalized spacial score (nSPS) is 11.3. The van der Waals surface area contributed by atoms with Crippen LogP contribution in [0.15, 0.2) is 51.9 Å². The maximum absolute atomic E-state index is 13.8. The molecule has 0 aliphatic rings. The number of thiazole rings is 1. The van der Waals surface area contributed by atoms with Gasteiger partial charge in [0.25, 0.3) is 5.56 Å². The van der Waals surface area contributed by atoms with Crippen molar-refractivity contribution in [2.75, 3.05) is 5.84 Å². The molecule has 132 valence electrons. The van der Waals surface area contributed by atoms with Gasteiger partial charge >= 0.3 is 0 Å². The largest absolute Gasteiger partial charge is 0.336 e. The summed E-state index contributed by atoms with van der Waals surface area (Å²) in [5, 5.41) is 10.4. The third-order valence-electron chi connectivity index (χ3n) is 3.75. The van der Waals surface area contributed by atoms with Crippen LogP contribution in [0.4, 0.5) is 4.39 Å². The van der Waals surface area contributed by atoms with E-state index in [2.05, 4.69) is 15.2 Å². The van der Waals surface area contributed by atoms with Crippen molar-refractivity contribution in [3.8, 4) is 0 Å². The summed E-state index contributed by atoms with van der Waals surface area (Å²) in [5.41, 5.74) is 1.02. The molecule has 3 heterocycles. The number of hydrogen-bond acceptors (Lipinski definition) is 7. The molecule has 0 fully saturated rings. The average Bonchev–Trinajstić information content (AvgIpc) is 3.23. The molecule has 0 spiro atoms. The molecule has 0 aliphatic carbocycles. The van der Waals surface area contributed by atoms with Crippen molar-refractivity contribution in [3.05, 3.63) is 75.2 Å². The van der Waals surface area contributed by atoms with Gasteiger partial charge in [-0.15, -0.1) is 21.5 Å². The van der Waals surface area contributed by atoms with Crippen LogP contribution in [0.3, 0.4) is 0 Å². The van der Waals surface area contributed by atoms with E-state index < -0.39 is 0 Å². The highest BCUT2D eigenvalue weighted by molar-refractivity contribution is 7.98. The molecule has 1 aromatic carbocycles. The van der Waals surface area contributed by atoms with Crippen LogP contribution in [0.1, 0.15) is 17.1 Å². The monoisotopic (exact) mass is 388 g/mol. The van der Waals surface area contributed by atoms with Gasteiger partial charge < -0.3 is 5.84 Å². The summed E-state index contributed by atoms with van der Waals surface area (Å²) < 4.78 is 16.6. The summed E-state index contributed by atoms with van der Waals surface area (Å²) in [7, 11) is 0. The Balaban J connectivity index is 1.51. The third-order valence-corrected chi connectivity index (χ3v) is 5.48. The zero-order chi connectivity index (χ0) is 18.1. The Morgan fingerprint density at radius 3 is 2.96 bits per heavy atom. The van der Waals surface area contributed by atoms with Crippen LogP contribution in [0, 0.1) is 5.82 Å². The van der Waals surface area contributed by atoms with Crippen LogP contribution in [-0.4, -0.2) is 24.3 Å². The van der Waals surface area contributed by atoms with E-state index in [-0.39, 0.29) is 17.8 Å². The maximum atomic E-state index is 13.8. The highest BCUT2D eigenvalue weighted by Crippen LogP contribution is 2.21. The van der Waals surface area contributed by atoms with E-state index in [0.29, 0.717) is 33.0 Å². The van der Waals surface area contributed by atoms with Gasteiger partial charge in [-0.2, -0.15) is 0 Å². The first-order chi connectivity index (χ1) is 12.6. The second-order valence-corrected chi connectivity index (χ2v) is 7.28. The van der Waals surface area contributed by atoms with Crippen LogP contribution < -0.4 is 11.4 Å². The van der Waals surface area contributed by atoms with Gasteiger partial charge in [0.15, 0.2) is 10.8 Å². The Bertz CT molecular complexity index is 1140. The molecule has 10 heteroatoms. The van der Waals surface area contributed by atoms with E-state index in [1.165, 1.54) is 44.3 Å². The molecular weight excluding hydrogens is 375 g/mol. The number of nitrogens with zero attached hydrogens (tertiary/aromatic N) is 5. The minimum absolute atomic E-state index is 0.124. The topological polar surface area (TPSA) is 91.1 Å². The zero-order valence-corrected chi connectivity index (χ0v) is 15.0. The molecular formula is C16H13FN6OS2. The number of rotatable bonds is 5. The van der Waals surface area contributed by atoms with Crippen LogP contribution in [0.25, 0.3) is 4.96 Å². The number of hydrogen-bond donors (Lipinski definition) is 1. The van der Waals surface area contributed by atoms with Crippen molar-refractivity contribution in [2.24, 2.45) is 0 Å². The van der Waals surface area contributed by atoms with E-state index in [1.54, 1.807) is 24.4 Å². The Hall–Kier alpha value is -2.72. The molecule has 0 saturated carbocycles. The summed E-state index contributed by atoms with van der Waals surface area (Å²) in [6, 6.07) is 7.96. The third kappa shape index (κ3) is 3.20. The van der Waals surface area contributed by atoms with Gasteiger partial charge in [-0.3, -0.25) is 9.20 Å². The van der Waals surface area contributed by atoms with Crippen molar-refractivity contribution < 1.29 is 4.39 Å². The molecule has 0 amide bonds. The lowest BCUT2D eigenvalue weighted by Crippen LogP contribution is -2.15. The molecule has 0 atom stereocenters. The first kappa shape index (κ1) is 16.7. The molecule has 7 nitrogen and oxygen atoms in total. The first-order valence-electron chi connectivity index (χ1n) is 7.63. The van der Waals surface area contributed by atoms with Crippen LogP contribution >= 0.6 is 23.1 Å². The summed E-state index contributed by atoms with van der Waals surface area (Å²) in [5.74, 6) is 6.61. The number of benzene rings is 1. The Morgan fingerprint density at radius 1 is 1.27 bits per heavy atom. The van der Waals surface area contributed by atoms with Gasteiger partial charge in [0.2, 0.25) is 5.16 Å².